The molecule has 1 aromatic rings. The minimum absolute atomic E-state index is 0.277. The Morgan fingerprint density at radius 1 is 1.29 bits per heavy atom. The van der Waals surface area contributed by atoms with E-state index in [2.05, 4.69) is 31.8 Å². The van der Waals surface area contributed by atoms with E-state index < -0.39 is 8.07 Å². The number of hydrogen-bond donors (Lipinski definition) is 0. The minimum Gasteiger partial charge on any atom is -0.313 e. The molecule has 0 N–H and O–H groups in total. The van der Waals surface area contributed by atoms with Crippen LogP contribution in [0.3, 0.4) is 0 Å². The third-order valence-corrected chi connectivity index (χ3v) is 4.88. The van der Waals surface area contributed by atoms with Crippen molar-refractivity contribution in [3.63, 3.8) is 0 Å². The number of nitrogens with zero attached hydrogens (tertiary/aromatic N) is 1. The number of aryl methyl sites for hydroxylation is 1. The van der Waals surface area contributed by atoms with E-state index in [1.54, 1.807) is 0 Å². The van der Waals surface area contributed by atoms with Crippen molar-refractivity contribution < 1.29 is 0 Å². The second-order valence-corrected chi connectivity index (χ2v) is 10.1. The van der Waals surface area contributed by atoms with E-state index in [1.807, 2.05) is 4.57 Å². The molecule has 3 heteroatoms. The van der Waals surface area contributed by atoms with E-state index in [-0.39, 0.29) is 5.56 Å². The van der Waals surface area contributed by atoms with Crippen LogP contribution in [-0.4, -0.2) is 12.6 Å². The summed E-state index contributed by atoms with van der Waals surface area (Å²) in [6.45, 7) is 7.61. The molecule has 1 aliphatic rings. The highest BCUT2D eigenvalue weighted by Gasteiger charge is 2.23. The number of hydrogen-bond acceptors (Lipinski definition) is 1. The molecule has 2 nitrogen and oxygen atoms in total. The molecule has 0 amide bonds. The van der Waals surface area contributed by atoms with Crippen molar-refractivity contribution in [1.82, 2.24) is 4.57 Å². The Morgan fingerprint density at radius 2 is 2.00 bits per heavy atom. The van der Waals surface area contributed by atoms with Gasteiger partial charge in [0.15, 0.2) is 0 Å². The summed E-state index contributed by atoms with van der Waals surface area (Å²) >= 11 is 0. The second kappa shape index (κ2) is 3.09. The Morgan fingerprint density at radius 3 is 2.64 bits per heavy atom. The zero-order valence-corrected chi connectivity index (χ0v) is 10.1. The van der Waals surface area contributed by atoms with E-state index in [0.717, 1.165) is 24.6 Å². The van der Waals surface area contributed by atoms with Gasteiger partial charge in [0.1, 0.15) is 0 Å². The van der Waals surface area contributed by atoms with Crippen LogP contribution < -0.4 is 10.7 Å². The van der Waals surface area contributed by atoms with E-state index in [4.69, 9.17) is 0 Å². The van der Waals surface area contributed by atoms with Gasteiger partial charge >= 0.3 is 0 Å². The first-order chi connectivity index (χ1) is 6.50. The molecule has 0 bridgehead atoms. The van der Waals surface area contributed by atoms with Crippen molar-refractivity contribution in [2.24, 2.45) is 0 Å². The molecule has 0 saturated carbocycles. The third kappa shape index (κ3) is 1.45. The molecular formula is C11H17NOSi. The number of pyridine rings is 1. The van der Waals surface area contributed by atoms with E-state index in [0.29, 0.717) is 0 Å². The number of fused-ring (bicyclic) bond motifs is 1. The summed E-state index contributed by atoms with van der Waals surface area (Å²) in [5.74, 6) is 0. The van der Waals surface area contributed by atoms with Gasteiger partial charge in [-0.25, -0.2) is 0 Å². The van der Waals surface area contributed by atoms with Gasteiger partial charge in [0, 0.05) is 17.4 Å². The van der Waals surface area contributed by atoms with Crippen LogP contribution in [0, 0.1) is 0 Å². The Hall–Kier alpha value is -0.833. The standard InChI is InChI=1S/C11H17NOSi/c1-14(2,3)10-7-6-9-5-4-8-12(9)11(10)13/h6-7H,4-5,8H2,1-3H3. The normalized spacial score (nSPS) is 15.6. The quantitative estimate of drug-likeness (QED) is 0.637. The Kier molecular flexibility index (Phi) is 2.14. The van der Waals surface area contributed by atoms with Gasteiger partial charge in [-0.1, -0.05) is 25.7 Å². The highest BCUT2D eigenvalue weighted by atomic mass is 28.3. The van der Waals surface area contributed by atoms with Crippen LogP contribution in [0.25, 0.3) is 0 Å². The first-order valence-electron chi connectivity index (χ1n) is 5.23. The molecule has 0 radical (unpaired) electrons. The molecule has 76 valence electrons. The lowest BCUT2D eigenvalue weighted by Gasteiger charge is -2.17. The summed E-state index contributed by atoms with van der Waals surface area (Å²) in [5.41, 5.74) is 1.50. The lowest BCUT2D eigenvalue weighted by Crippen LogP contribution is -2.50. The van der Waals surface area contributed by atoms with Gasteiger partial charge in [0.2, 0.25) is 5.56 Å². The van der Waals surface area contributed by atoms with Crippen LogP contribution in [0.5, 0.6) is 0 Å². The summed E-state index contributed by atoms with van der Waals surface area (Å²) in [4.78, 5) is 12.1. The second-order valence-electron chi connectivity index (χ2n) is 5.05. The Labute approximate surface area is 85.6 Å². The molecule has 0 fully saturated rings. The summed E-state index contributed by atoms with van der Waals surface area (Å²) < 4.78 is 1.97. The molecular weight excluding hydrogens is 190 g/mol. The van der Waals surface area contributed by atoms with Gasteiger partial charge in [-0.15, -0.1) is 0 Å². The van der Waals surface area contributed by atoms with Crippen LogP contribution in [-0.2, 0) is 13.0 Å². The van der Waals surface area contributed by atoms with Crippen molar-refractivity contribution >= 4 is 13.3 Å². The first-order valence-corrected chi connectivity index (χ1v) is 8.73. The summed E-state index contributed by atoms with van der Waals surface area (Å²) in [6.07, 6.45) is 2.20. The molecule has 14 heavy (non-hydrogen) atoms. The van der Waals surface area contributed by atoms with Crippen molar-refractivity contribution in [3.8, 4) is 0 Å². The maximum absolute atomic E-state index is 12.1. The van der Waals surface area contributed by atoms with E-state index in [1.165, 1.54) is 5.69 Å². The Balaban J connectivity index is 2.62. The minimum atomic E-state index is -1.45. The zero-order valence-electron chi connectivity index (χ0n) is 9.13. The first kappa shape index (κ1) is 9.71. The van der Waals surface area contributed by atoms with Crippen LogP contribution in [0.1, 0.15) is 12.1 Å². The average molecular weight is 207 g/mol. The largest absolute Gasteiger partial charge is 0.313 e. The molecule has 0 unspecified atom stereocenters. The fourth-order valence-electron chi connectivity index (χ4n) is 2.07. The van der Waals surface area contributed by atoms with E-state index >= 15 is 0 Å². The summed E-state index contributed by atoms with van der Waals surface area (Å²) in [7, 11) is -1.45. The van der Waals surface area contributed by atoms with Crippen molar-refractivity contribution in [2.75, 3.05) is 0 Å². The fraction of sp³-hybridized carbons (Fsp3) is 0.545. The van der Waals surface area contributed by atoms with Gasteiger partial charge in [-0.3, -0.25) is 4.79 Å². The molecule has 0 aliphatic carbocycles. The molecule has 2 heterocycles. The SMILES string of the molecule is C[Si](C)(C)c1ccc2n(c1=O)CCC2. The zero-order chi connectivity index (χ0) is 10.3. The van der Waals surface area contributed by atoms with Crippen LogP contribution in [0.4, 0.5) is 0 Å². The highest BCUT2D eigenvalue weighted by molar-refractivity contribution is 6.88. The Bertz CT molecular complexity index is 414. The topological polar surface area (TPSA) is 22.0 Å². The molecule has 0 aromatic carbocycles. The fourth-order valence-corrected chi connectivity index (χ4v) is 3.43. The van der Waals surface area contributed by atoms with Crippen molar-refractivity contribution in [1.29, 1.82) is 0 Å². The predicted molar refractivity (Wildman–Crippen MR) is 62.0 cm³/mol. The molecule has 0 atom stereocenters. The van der Waals surface area contributed by atoms with Crippen LogP contribution in [0.15, 0.2) is 16.9 Å². The molecule has 2 rings (SSSR count). The van der Waals surface area contributed by atoms with Gasteiger partial charge < -0.3 is 4.57 Å². The summed E-state index contributed by atoms with van der Waals surface area (Å²) in [5, 5.41) is 1.07. The average Bonchev–Trinajstić information content (AvgIpc) is 2.50. The van der Waals surface area contributed by atoms with Crippen molar-refractivity contribution in [2.45, 2.75) is 39.0 Å². The van der Waals surface area contributed by atoms with Crippen molar-refractivity contribution in [3.05, 3.63) is 28.2 Å². The van der Waals surface area contributed by atoms with Gasteiger partial charge in [0.05, 0.1) is 8.07 Å². The van der Waals surface area contributed by atoms with Gasteiger partial charge in [0.25, 0.3) is 0 Å². The highest BCUT2D eigenvalue weighted by Crippen LogP contribution is 2.10. The van der Waals surface area contributed by atoms with Crippen LogP contribution >= 0.6 is 0 Å². The number of aromatic nitrogens is 1. The lowest BCUT2D eigenvalue weighted by molar-refractivity contribution is 0.724. The summed E-state index contributed by atoms with van der Waals surface area (Å²) in [6, 6.07) is 4.20. The predicted octanol–water partition coefficient (Wildman–Crippen LogP) is 1.34. The smallest absolute Gasteiger partial charge is 0.249 e. The van der Waals surface area contributed by atoms with Gasteiger partial charge in [-0.2, -0.15) is 0 Å². The van der Waals surface area contributed by atoms with E-state index in [9.17, 15) is 4.79 Å². The van der Waals surface area contributed by atoms with Gasteiger partial charge in [-0.05, 0) is 18.9 Å². The third-order valence-electron chi connectivity index (χ3n) is 2.89. The molecule has 0 spiro atoms. The maximum atomic E-state index is 12.1. The molecule has 1 aromatic heterocycles. The molecule has 0 saturated heterocycles. The van der Waals surface area contributed by atoms with Crippen LogP contribution in [0.2, 0.25) is 19.6 Å². The number of rotatable bonds is 1. The molecule has 1 aliphatic heterocycles. The maximum Gasteiger partial charge on any atom is 0.249 e. The monoisotopic (exact) mass is 207 g/mol. The lowest BCUT2D eigenvalue weighted by atomic mass is 10.3.